The van der Waals surface area contributed by atoms with E-state index < -0.39 is 48.1 Å². The summed E-state index contributed by atoms with van der Waals surface area (Å²) in [7, 11) is 1.26. The molecule has 0 aliphatic heterocycles. The zero-order valence-corrected chi connectivity index (χ0v) is 17.9. The van der Waals surface area contributed by atoms with Crippen LogP contribution in [0.25, 0.3) is 0 Å². The van der Waals surface area contributed by atoms with Gasteiger partial charge in [-0.3, -0.25) is 14.4 Å². The standard InChI is InChI=1S/C22H24F3NO6/c1-14-11-17(15(2)26(14)10-9-19(28)31-3)18(27)13-32-20(29)12-21(30,22(23,24)25)16-7-5-4-6-8-16/h4-8,11,30H,9-10,12-13H2,1-3H3. The molecular weight excluding hydrogens is 431 g/mol. The van der Waals surface area contributed by atoms with Crippen LogP contribution in [0.1, 0.15) is 40.2 Å². The first kappa shape index (κ1) is 25.1. The number of esters is 2. The fraction of sp³-hybridized carbons (Fsp3) is 0.409. The number of benzene rings is 1. The van der Waals surface area contributed by atoms with Crippen molar-refractivity contribution in [3.05, 3.63) is 58.9 Å². The smallest absolute Gasteiger partial charge is 0.422 e. The Morgan fingerprint density at radius 1 is 1.06 bits per heavy atom. The number of hydrogen-bond acceptors (Lipinski definition) is 6. The van der Waals surface area contributed by atoms with Gasteiger partial charge in [-0.1, -0.05) is 30.3 Å². The third-order valence-corrected chi connectivity index (χ3v) is 5.13. The Labute approximate surface area is 182 Å². The molecule has 0 saturated heterocycles. The second-order valence-corrected chi connectivity index (χ2v) is 7.25. The highest BCUT2D eigenvalue weighted by Crippen LogP contribution is 2.41. The predicted molar refractivity (Wildman–Crippen MR) is 107 cm³/mol. The van der Waals surface area contributed by atoms with E-state index in [1.807, 2.05) is 0 Å². The second-order valence-electron chi connectivity index (χ2n) is 7.25. The van der Waals surface area contributed by atoms with Crippen molar-refractivity contribution in [2.75, 3.05) is 13.7 Å². The number of hydrogen-bond donors (Lipinski definition) is 1. The molecule has 0 spiro atoms. The third kappa shape index (κ3) is 5.56. The normalized spacial score (nSPS) is 13.3. The van der Waals surface area contributed by atoms with Gasteiger partial charge in [0.25, 0.3) is 0 Å². The highest BCUT2D eigenvalue weighted by Gasteiger charge is 2.56. The first-order chi connectivity index (χ1) is 14.9. The Morgan fingerprint density at radius 3 is 2.25 bits per heavy atom. The summed E-state index contributed by atoms with van der Waals surface area (Å²) in [6.45, 7) is 2.84. The van der Waals surface area contributed by atoms with E-state index in [0.29, 0.717) is 11.4 Å². The minimum Gasteiger partial charge on any atom is -0.469 e. The molecule has 2 aromatic rings. The maximum absolute atomic E-state index is 13.5. The first-order valence-corrected chi connectivity index (χ1v) is 9.67. The minimum absolute atomic E-state index is 0.0883. The molecule has 1 aromatic carbocycles. The van der Waals surface area contributed by atoms with Crippen LogP contribution in [-0.4, -0.2) is 47.3 Å². The monoisotopic (exact) mass is 455 g/mol. The highest BCUT2D eigenvalue weighted by molar-refractivity contribution is 5.99. The van der Waals surface area contributed by atoms with Crippen LogP contribution in [-0.2, 0) is 31.2 Å². The molecule has 0 saturated carbocycles. The molecule has 1 unspecified atom stereocenters. The molecule has 0 aliphatic rings. The minimum atomic E-state index is -5.14. The van der Waals surface area contributed by atoms with Gasteiger partial charge in [0.15, 0.2) is 12.2 Å². The van der Waals surface area contributed by atoms with Crippen LogP contribution in [0, 0.1) is 13.8 Å². The van der Waals surface area contributed by atoms with E-state index in [-0.39, 0.29) is 18.5 Å². The number of carbonyl (C=O) groups excluding carboxylic acids is 3. The lowest BCUT2D eigenvalue weighted by molar-refractivity contribution is -0.269. The van der Waals surface area contributed by atoms with Gasteiger partial charge >= 0.3 is 18.1 Å². The molecule has 7 nitrogen and oxygen atoms in total. The van der Waals surface area contributed by atoms with Crippen LogP contribution in [0.5, 0.6) is 0 Å². The van der Waals surface area contributed by atoms with E-state index in [9.17, 15) is 32.7 Å². The van der Waals surface area contributed by atoms with E-state index in [0.717, 1.165) is 12.1 Å². The molecule has 1 N–H and O–H groups in total. The molecule has 0 aliphatic carbocycles. The van der Waals surface area contributed by atoms with Gasteiger partial charge in [-0.25, -0.2) is 0 Å². The van der Waals surface area contributed by atoms with Gasteiger partial charge in [-0.15, -0.1) is 0 Å². The number of aliphatic hydroxyl groups is 1. The Bertz CT molecular complexity index is 984. The summed E-state index contributed by atoms with van der Waals surface area (Å²) in [6, 6.07) is 7.72. The largest absolute Gasteiger partial charge is 0.469 e. The van der Waals surface area contributed by atoms with E-state index >= 15 is 0 Å². The van der Waals surface area contributed by atoms with Gasteiger partial charge in [0.05, 0.1) is 20.0 Å². The molecule has 32 heavy (non-hydrogen) atoms. The summed E-state index contributed by atoms with van der Waals surface area (Å²) < 4.78 is 51.6. The van der Waals surface area contributed by atoms with Crippen LogP contribution < -0.4 is 0 Å². The van der Waals surface area contributed by atoms with Crippen LogP contribution >= 0.6 is 0 Å². The highest BCUT2D eigenvalue weighted by atomic mass is 19.4. The number of carbonyl (C=O) groups is 3. The van der Waals surface area contributed by atoms with Gasteiger partial charge in [0.2, 0.25) is 5.78 Å². The van der Waals surface area contributed by atoms with Crippen molar-refractivity contribution in [1.82, 2.24) is 4.57 Å². The lowest BCUT2D eigenvalue weighted by Crippen LogP contribution is -2.44. The maximum atomic E-state index is 13.5. The van der Waals surface area contributed by atoms with E-state index in [1.165, 1.54) is 25.3 Å². The number of aryl methyl sites for hydroxylation is 1. The first-order valence-electron chi connectivity index (χ1n) is 9.67. The Balaban J connectivity index is 2.08. The summed E-state index contributed by atoms with van der Waals surface area (Å²) in [4.78, 5) is 35.9. The van der Waals surface area contributed by atoms with Crippen molar-refractivity contribution < 1.29 is 42.1 Å². The number of alkyl halides is 3. The number of Topliss-reactive ketones (excluding diaryl/α,β-unsaturated/α-hetero) is 1. The summed E-state index contributed by atoms with van der Waals surface area (Å²) in [5.74, 6) is -2.41. The van der Waals surface area contributed by atoms with E-state index in [4.69, 9.17) is 4.74 Å². The van der Waals surface area contributed by atoms with Crippen molar-refractivity contribution >= 4 is 17.7 Å². The van der Waals surface area contributed by atoms with Crippen molar-refractivity contribution in [1.29, 1.82) is 0 Å². The van der Waals surface area contributed by atoms with Crippen LogP contribution in [0.4, 0.5) is 13.2 Å². The zero-order valence-electron chi connectivity index (χ0n) is 17.9. The van der Waals surface area contributed by atoms with Crippen molar-refractivity contribution in [3.63, 3.8) is 0 Å². The fourth-order valence-corrected chi connectivity index (χ4v) is 3.30. The number of methoxy groups -OCH3 is 1. The van der Waals surface area contributed by atoms with Crippen molar-refractivity contribution in [2.45, 2.75) is 45.0 Å². The lowest BCUT2D eigenvalue weighted by Gasteiger charge is -2.30. The fourth-order valence-electron chi connectivity index (χ4n) is 3.30. The molecule has 10 heteroatoms. The summed E-state index contributed by atoms with van der Waals surface area (Å²) in [6.07, 6.45) is -6.45. The topological polar surface area (TPSA) is 94.8 Å². The number of ketones is 1. The van der Waals surface area contributed by atoms with Gasteiger partial charge in [0, 0.05) is 23.5 Å². The summed E-state index contributed by atoms with van der Waals surface area (Å²) >= 11 is 0. The number of halogens is 3. The van der Waals surface area contributed by atoms with E-state index in [1.54, 1.807) is 24.5 Å². The lowest BCUT2D eigenvalue weighted by atomic mass is 9.90. The Morgan fingerprint density at radius 2 is 1.69 bits per heavy atom. The molecule has 0 bridgehead atoms. The van der Waals surface area contributed by atoms with Crippen LogP contribution in [0.3, 0.4) is 0 Å². The van der Waals surface area contributed by atoms with Gasteiger partial charge in [-0.05, 0) is 25.5 Å². The van der Waals surface area contributed by atoms with Crippen LogP contribution in [0.15, 0.2) is 36.4 Å². The van der Waals surface area contributed by atoms with Gasteiger partial charge in [-0.2, -0.15) is 13.2 Å². The molecule has 2 rings (SSSR count). The van der Waals surface area contributed by atoms with Crippen molar-refractivity contribution in [3.8, 4) is 0 Å². The molecule has 0 radical (unpaired) electrons. The van der Waals surface area contributed by atoms with E-state index in [2.05, 4.69) is 4.74 Å². The molecule has 1 heterocycles. The third-order valence-electron chi connectivity index (χ3n) is 5.13. The maximum Gasteiger partial charge on any atom is 0.422 e. The number of rotatable bonds is 9. The summed E-state index contributed by atoms with van der Waals surface area (Å²) in [5.41, 5.74) is -2.54. The molecular formula is C22H24F3NO6. The molecule has 1 atom stereocenters. The average Bonchev–Trinajstić information content (AvgIpc) is 3.03. The zero-order chi connectivity index (χ0) is 24.1. The Hall–Kier alpha value is -3.14. The number of aromatic nitrogens is 1. The Kier molecular flexibility index (Phi) is 7.84. The van der Waals surface area contributed by atoms with Crippen LogP contribution in [0.2, 0.25) is 0 Å². The second kappa shape index (κ2) is 9.99. The number of ether oxygens (including phenoxy) is 2. The molecule has 0 fully saturated rings. The predicted octanol–water partition coefficient (Wildman–Crippen LogP) is 3.23. The quantitative estimate of drug-likeness (QED) is 0.461. The SMILES string of the molecule is COC(=O)CCn1c(C)cc(C(=O)COC(=O)CC(O)(c2ccccc2)C(F)(F)F)c1C. The number of nitrogens with zero attached hydrogens (tertiary/aromatic N) is 1. The molecule has 0 amide bonds. The molecule has 1 aromatic heterocycles. The van der Waals surface area contributed by atoms with Gasteiger partial charge in [0.1, 0.15) is 0 Å². The summed E-state index contributed by atoms with van der Waals surface area (Å²) in [5, 5.41) is 10.2. The van der Waals surface area contributed by atoms with Gasteiger partial charge < -0.3 is 19.1 Å². The molecule has 174 valence electrons. The average molecular weight is 455 g/mol. The van der Waals surface area contributed by atoms with Crippen molar-refractivity contribution in [2.24, 2.45) is 0 Å².